The Labute approximate surface area is 164 Å². The fourth-order valence-electron chi connectivity index (χ4n) is 3.35. The fourth-order valence-corrected chi connectivity index (χ4v) is 3.35. The highest BCUT2D eigenvalue weighted by molar-refractivity contribution is 5.73. The summed E-state index contributed by atoms with van der Waals surface area (Å²) < 4.78 is 8.03. The highest BCUT2D eigenvalue weighted by Gasteiger charge is 2.26. The number of aromatic nitrogens is 4. The first kappa shape index (κ1) is 20.2. The third-order valence-corrected chi connectivity index (χ3v) is 4.79. The Hall–Kier alpha value is -2.55. The third-order valence-electron chi connectivity index (χ3n) is 4.79. The summed E-state index contributed by atoms with van der Waals surface area (Å²) in [6, 6.07) is 10.4. The molecule has 1 aromatic carbocycles. The van der Waals surface area contributed by atoms with Crippen molar-refractivity contribution in [3.05, 3.63) is 48.4 Å². The summed E-state index contributed by atoms with van der Waals surface area (Å²) in [5, 5.41) is 12.8. The Bertz CT molecular complexity index is 846. The van der Waals surface area contributed by atoms with Gasteiger partial charge in [0.1, 0.15) is 18.1 Å². The number of hydrogen-bond acceptors (Lipinski definition) is 7. The van der Waals surface area contributed by atoms with E-state index in [1.54, 1.807) is 6.20 Å². The van der Waals surface area contributed by atoms with Gasteiger partial charge in [-0.3, -0.25) is 4.57 Å². The van der Waals surface area contributed by atoms with Gasteiger partial charge in [-0.25, -0.2) is 15.0 Å². The van der Waals surface area contributed by atoms with Crippen LogP contribution in [0.4, 0.5) is 5.95 Å². The van der Waals surface area contributed by atoms with Gasteiger partial charge in [-0.1, -0.05) is 30.3 Å². The maximum absolute atomic E-state index is 9.33. The van der Waals surface area contributed by atoms with Crippen molar-refractivity contribution < 1.29 is 9.84 Å². The lowest BCUT2D eigenvalue weighted by Crippen LogP contribution is -2.27. The maximum atomic E-state index is 9.33. The Kier molecular flexibility index (Phi) is 7.30. The molecule has 2 aromatic heterocycles. The Morgan fingerprint density at radius 3 is 2.79 bits per heavy atom. The molecule has 8 heteroatoms. The van der Waals surface area contributed by atoms with Gasteiger partial charge in [0.05, 0.1) is 12.8 Å². The number of ether oxygens (including phenoxy) is 1. The van der Waals surface area contributed by atoms with Gasteiger partial charge in [-0.05, 0) is 31.9 Å². The predicted molar refractivity (Wildman–Crippen MR) is 109 cm³/mol. The zero-order valence-electron chi connectivity index (χ0n) is 16.2. The van der Waals surface area contributed by atoms with Crippen molar-refractivity contribution in [1.29, 1.82) is 0 Å². The second-order valence-corrected chi connectivity index (χ2v) is 6.61. The number of anilines is 1. The van der Waals surface area contributed by atoms with E-state index in [1.807, 2.05) is 22.8 Å². The number of fused-ring (bicyclic) bond motifs is 1. The molecule has 8 nitrogen and oxygen atoms in total. The molecule has 1 saturated heterocycles. The van der Waals surface area contributed by atoms with Crippen LogP contribution in [-0.2, 0) is 11.2 Å². The van der Waals surface area contributed by atoms with Crippen LogP contribution in [0.2, 0.25) is 0 Å². The molecule has 0 amide bonds. The van der Waals surface area contributed by atoms with E-state index in [0.29, 0.717) is 6.61 Å². The average Bonchev–Trinajstić information content (AvgIpc) is 3.14. The molecule has 4 rings (SSSR count). The largest absolute Gasteiger partial charge is 0.396 e. The van der Waals surface area contributed by atoms with E-state index in [0.717, 1.165) is 42.9 Å². The monoisotopic (exact) mass is 384 g/mol. The lowest BCUT2D eigenvalue weighted by Gasteiger charge is -2.29. The van der Waals surface area contributed by atoms with Gasteiger partial charge in [0, 0.05) is 19.1 Å². The first-order valence-electron chi connectivity index (χ1n) is 9.61. The third kappa shape index (κ3) is 4.64. The molecule has 0 aliphatic carbocycles. The van der Waals surface area contributed by atoms with Crippen molar-refractivity contribution in [3.63, 3.8) is 0 Å². The summed E-state index contributed by atoms with van der Waals surface area (Å²) in [6.07, 6.45) is 5.79. The molecule has 0 spiro atoms. The molecular weight excluding hydrogens is 356 g/mol. The molecule has 2 atom stereocenters. The van der Waals surface area contributed by atoms with Crippen LogP contribution in [0.3, 0.4) is 0 Å². The standard InChI is InChI=1S/C19H23N5O2.CH5N/c25-11-15-6-7-17(26-12-15)24-18-16(10-20-13-22-18)23-19(24)21-9-8-14-4-2-1-3-5-14;1-2/h1-5,10,13,15,17,25H,6-9,11-12H2,(H,21,23);2H2,1H3. The van der Waals surface area contributed by atoms with E-state index >= 15 is 0 Å². The van der Waals surface area contributed by atoms with Gasteiger partial charge in [-0.2, -0.15) is 0 Å². The van der Waals surface area contributed by atoms with Crippen LogP contribution in [0.5, 0.6) is 0 Å². The fraction of sp³-hybridized carbons (Fsp3) is 0.450. The summed E-state index contributed by atoms with van der Waals surface area (Å²) >= 11 is 0. The summed E-state index contributed by atoms with van der Waals surface area (Å²) in [4.78, 5) is 13.1. The van der Waals surface area contributed by atoms with Crippen LogP contribution < -0.4 is 11.1 Å². The van der Waals surface area contributed by atoms with Gasteiger partial charge < -0.3 is 20.9 Å². The van der Waals surface area contributed by atoms with Crippen LogP contribution in [-0.4, -0.2) is 51.4 Å². The van der Waals surface area contributed by atoms with E-state index in [9.17, 15) is 5.11 Å². The van der Waals surface area contributed by atoms with E-state index < -0.39 is 0 Å². The molecule has 3 heterocycles. The molecule has 1 aliphatic heterocycles. The second kappa shape index (κ2) is 10.1. The molecule has 0 saturated carbocycles. The topological polar surface area (TPSA) is 111 Å². The molecule has 3 aromatic rings. The number of hydrogen-bond donors (Lipinski definition) is 3. The molecule has 1 aliphatic rings. The first-order valence-corrected chi connectivity index (χ1v) is 9.61. The number of imidazole rings is 1. The molecule has 2 unspecified atom stereocenters. The number of nitrogens with one attached hydrogen (secondary N) is 1. The minimum Gasteiger partial charge on any atom is -0.396 e. The average molecular weight is 384 g/mol. The van der Waals surface area contributed by atoms with Gasteiger partial charge >= 0.3 is 0 Å². The molecule has 4 N–H and O–H groups in total. The Balaban J connectivity index is 0.00000109. The SMILES string of the molecule is CN.OCC1CCC(n2c(NCCc3ccccc3)nc3cncnc32)OC1. The minimum absolute atomic E-state index is 0.128. The summed E-state index contributed by atoms with van der Waals surface area (Å²) in [5.74, 6) is 0.967. The zero-order valence-corrected chi connectivity index (χ0v) is 16.2. The molecule has 150 valence electrons. The number of rotatable bonds is 6. The smallest absolute Gasteiger partial charge is 0.207 e. The van der Waals surface area contributed by atoms with E-state index in [2.05, 4.69) is 38.1 Å². The minimum atomic E-state index is -0.128. The van der Waals surface area contributed by atoms with Gasteiger partial charge in [0.25, 0.3) is 0 Å². The van der Waals surface area contributed by atoms with Crippen molar-refractivity contribution in [3.8, 4) is 0 Å². The summed E-state index contributed by atoms with van der Waals surface area (Å²) in [5.41, 5.74) is 7.31. The van der Waals surface area contributed by atoms with Crippen molar-refractivity contribution >= 4 is 17.1 Å². The van der Waals surface area contributed by atoms with Gasteiger partial charge in [0.15, 0.2) is 5.65 Å². The van der Waals surface area contributed by atoms with E-state index in [1.165, 1.54) is 18.9 Å². The predicted octanol–water partition coefficient (Wildman–Crippen LogP) is 1.97. The van der Waals surface area contributed by atoms with Crippen LogP contribution in [0.25, 0.3) is 11.2 Å². The number of benzene rings is 1. The van der Waals surface area contributed by atoms with Crippen LogP contribution in [0.1, 0.15) is 24.6 Å². The number of aliphatic hydroxyl groups excluding tert-OH is 1. The molecule has 1 fully saturated rings. The van der Waals surface area contributed by atoms with Gasteiger partial charge in [-0.15, -0.1) is 0 Å². The number of nitrogens with two attached hydrogens (primary N) is 1. The lowest BCUT2D eigenvalue weighted by atomic mass is 10.0. The lowest BCUT2D eigenvalue weighted by molar-refractivity contribution is -0.0659. The van der Waals surface area contributed by atoms with Crippen molar-refractivity contribution in [1.82, 2.24) is 19.5 Å². The highest BCUT2D eigenvalue weighted by Crippen LogP contribution is 2.31. The van der Waals surface area contributed by atoms with Crippen molar-refractivity contribution in [2.24, 2.45) is 11.7 Å². The molecule has 0 bridgehead atoms. The van der Waals surface area contributed by atoms with E-state index in [4.69, 9.17) is 4.74 Å². The van der Waals surface area contributed by atoms with Gasteiger partial charge in [0.2, 0.25) is 5.95 Å². The Morgan fingerprint density at radius 1 is 1.25 bits per heavy atom. The number of nitrogens with zero attached hydrogens (tertiary/aromatic N) is 4. The Morgan fingerprint density at radius 2 is 2.07 bits per heavy atom. The second-order valence-electron chi connectivity index (χ2n) is 6.61. The van der Waals surface area contributed by atoms with Crippen molar-refractivity contribution in [2.45, 2.75) is 25.5 Å². The van der Waals surface area contributed by atoms with E-state index in [-0.39, 0.29) is 18.8 Å². The molecule has 28 heavy (non-hydrogen) atoms. The summed E-state index contributed by atoms with van der Waals surface area (Å²) in [7, 11) is 1.50. The van der Waals surface area contributed by atoms with Crippen LogP contribution >= 0.6 is 0 Å². The highest BCUT2D eigenvalue weighted by atomic mass is 16.5. The normalized spacial score (nSPS) is 19.1. The maximum Gasteiger partial charge on any atom is 0.207 e. The quantitative estimate of drug-likeness (QED) is 0.596. The summed E-state index contributed by atoms with van der Waals surface area (Å²) in [6.45, 7) is 1.49. The number of aliphatic hydroxyl groups is 1. The zero-order chi connectivity index (χ0) is 19.8. The van der Waals surface area contributed by atoms with Crippen LogP contribution in [0, 0.1) is 5.92 Å². The van der Waals surface area contributed by atoms with Crippen molar-refractivity contribution in [2.75, 3.05) is 32.1 Å². The molecular formula is C20H28N6O2. The molecule has 0 radical (unpaired) electrons. The first-order chi connectivity index (χ1) is 13.8. The van der Waals surface area contributed by atoms with Crippen LogP contribution in [0.15, 0.2) is 42.9 Å².